The van der Waals surface area contributed by atoms with E-state index in [0.717, 1.165) is 17.7 Å². The standard InChI is InChI=1S/C24H29N3OS/c1-4-18-10-12-20(13-11-18)25-24-26-23(28)22(29-24)15-19-14-16(2)27(17(19)3)21-8-6-5-7-9-21/h10-15,21H,4-9H2,1-3H3,(H,25,26,28)/b22-15-. The van der Waals surface area contributed by atoms with Gasteiger partial charge in [0.25, 0.3) is 5.91 Å². The van der Waals surface area contributed by atoms with E-state index in [1.165, 1.54) is 60.8 Å². The van der Waals surface area contributed by atoms with Crippen molar-refractivity contribution < 1.29 is 4.79 Å². The summed E-state index contributed by atoms with van der Waals surface area (Å²) in [6.07, 6.45) is 9.53. The molecule has 0 atom stereocenters. The molecule has 1 saturated heterocycles. The molecule has 1 aromatic heterocycles. The minimum Gasteiger partial charge on any atom is -0.346 e. The first-order chi connectivity index (χ1) is 14.0. The number of nitrogens with zero attached hydrogens (tertiary/aromatic N) is 2. The van der Waals surface area contributed by atoms with Gasteiger partial charge in [0.1, 0.15) is 0 Å². The van der Waals surface area contributed by atoms with Crippen LogP contribution in [-0.2, 0) is 11.2 Å². The number of hydrogen-bond acceptors (Lipinski definition) is 3. The van der Waals surface area contributed by atoms with Crippen LogP contribution in [0.15, 0.2) is 40.2 Å². The van der Waals surface area contributed by atoms with Crippen molar-refractivity contribution in [2.24, 2.45) is 4.99 Å². The van der Waals surface area contributed by atoms with Crippen LogP contribution in [0.3, 0.4) is 0 Å². The van der Waals surface area contributed by atoms with Gasteiger partial charge in [0, 0.05) is 17.4 Å². The van der Waals surface area contributed by atoms with Crippen LogP contribution in [0.2, 0.25) is 0 Å². The lowest BCUT2D eigenvalue weighted by atomic mass is 9.95. The molecule has 29 heavy (non-hydrogen) atoms. The van der Waals surface area contributed by atoms with E-state index in [-0.39, 0.29) is 5.91 Å². The van der Waals surface area contributed by atoms with E-state index in [4.69, 9.17) is 0 Å². The fraction of sp³-hybridized carbons (Fsp3) is 0.417. The Morgan fingerprint density at radius 1 is 1.17 bits per heavy atom. The van der Waals surface area contributed by atoms with Crippen molar-refractivity contribution in [1.82, 2.24) is 9.88 Å². The van der Waals surface area contributed by atoms with Crippen LogP contribution in [-0.4, -0.2) is 15.6 Å². The van der Waals surface area contributed by atoms with E-state index in [2.05, 4.69) is 53.8 Å². The first kappa shape index (κ1) is 20.0. The minimum absolute atomic E-state index is 0.0682. The van der Waals surface area contributed by atoms with Gasteiger partial charge in [0.15, 0.2) is 5.17 Å². The number of thioether (sulfide) groups is 1. The Morgan fingerprint density at radius 2 is 1.90 bits per heavy atom. The van der Waals surface area contributed by atoms with Crippen LogP contribution >= 0.6 is 11.8 Å². The van der Waals surface area contributed by atoms with E-state index in [9.17, 15) is 4.79 Å². The lowest BCUT2D eigenvalue weighted by Gasteiger charge is -2.26. The van der Waals surface area contributed by atoms with Gasteiger partial charge in [-0.05, 0) is 80.3 Å². The third-order valence-corrected chi connectivity index (χ3v) is 6.89. The second-order valence-corrected chi connectivity index (χ2v) is 9.02. The Hall–Kier alpha value is -2.27. The SMILES string of the molecule is CCc1ccc(N=C2NC(=O)/C(=C/c3cc(C)n(C4CCCCC4)c3C)S2)cc1. The van der Waals surface area contributed by atoms with Gasteiger partial charge in [0.05, 0.1) is 10.6 Å². The number of hydrogen-bond donors (Lipinski definition) is 1. The molecule has 1 aromatic carbocycles. The number of aliphatic imine (C=N–C) groups is 1. The first-order valence-corrected chi connectivity index (χ1v) is 11.4. The number of amides is 1. The molecule has 0 radical (unpaired) electrons. The number of carbonyl (C=O) groups excluding carboxylic acids is 1. The molecule has 2 aromatic rings. The lowest BCUT2D eigenvalue weighted by Crippen LogP contribution is -2.19. The van der Waals surface area contributed by atoms with E-state index >= 15 is 0 Å². The molecule has 2 fully saturated rings. The number of carbonyl (C=O) groups is 1. The van der Waals surface area contributed by atoms with Crippen molar-refractivity contribution in [1.29, 1.82) is 0 Å². The molecule has 5 heteroatoms. The second kappa shape index (κ2) is 8.62. The zero-order valence-electron chi connectivity index (χ0n) is 17.5. The summed E-state index contributed by atoms with van der Waals surface area (Å²) in [6, 6.07) is 11.0. The van der Waals surface area contributed by atoms with Crippen LogP contribution in [0.1, 0.15) is 67.6 Å². The molecule has 2 aliphatic rings. The summed E-state index contributed by atoms with van der Waals surface area (Å²) in [7, 11) is 0. The quantitative estimate of drug-likeness (QED) is 0.626. The lowest BCUT2D eigenvalue weighted by molar-refractivity contribution is -0.115. The van der Waals surface area contributed by atoms with Crippen molar-refractivity contribution in [3.8, 4) is 0 Å². The van der Waals surface area contributed by atoms with E-state index in [1.807, 2.05) is 18.2 Å². The highest BCUT2D eigenvalue weighted by atomic mass is 32.2. The van der Waals surface area contributed by atoms with Gasteiger partial charge < -0.3 is 9.88 Å². The summed E-state index contributed by atoms with van der Waals surface area (Å²) in [5.74, 6) is -0.0682. The highest BCUT2D eigenvalue weighted by Gasteiger charge is 2.25. The summed E-state index contributed by atoms with van der Waals surface area (Å²) in [4.78, 5) is 17.8. The Labute approximate surface area is 177 Å². The molecule has 1 saturated carbocycles. The van der Waals surface area contributed by atoms with Crippen molar-refractivity contribution in [3.05, 3.63) is 57.8 Å². The molecule has 1 amide bonds. The molecular weight excluding hydrogens is 378 g/mol. The highest BCUT2D eigenvalue weighted by molar-refractivity contribution is 8.18. The zero-order chi connectivity index (χ0) is 20.4. The topological polar surface area (TPSA) is 46.4 Å². The molecule has 4 nitrogen and oxygen atoms in total. The van der Waals surface area contributed by atoms with Gasteiger partial charge in [-0.25, -0.2) is 4.99 Å². The normalized spacial score (nSPS) is 20.6. The Bertz CT molecular complexity index is 963. The average Bonchev–Trinajstić information content (AvgIpc) is 3.21. The zero-order valence-corrected chi connectivity index (χ0v) is 18.3. The van der Waals surface area contributed by atoms with Gasteiger partial charge >= 0.3 is 0 Å². The molecule has 1 aliphatic heterocycles. The fourth-order valence-electron chi connectivity index (χ4n) is 4.40. The van der Waals surface area contributed by atoms with Gasteiger partial charge in [-0.15, -0.1) is 0 Å². The van der Waals surface area contributed by atoms with Crippen molar-refractivity contribution >= 4 is 34.6 Å². The average molecular weight is 408 g/mol. The van der Waals surface area contributed by atoms with Crippen LogP contribution in [0, 0.1) is 13.8 Å². The van der Waals surface area contributed by atoms with Gasteiger partial charge in [0.2, 0.25) is 0 Å². The number of rotatable bonds is 4. The van der Waals surface area contributed by atoms with E-state index < -0.39 is 0 Å². The summed E-state index contributed by atoms with van der Waals surface area (Å²) >= 11 is 1.42. The fourth-order valence-corrected chi connectivity index (χ4v) is 5.23. The van der Waals surface area contributed by atoms with Gasteiger partial charge in [-0.2, -0.15) is 0 Å². The number of nitrogens with one attached hydrogen (secondary N) is 1. The minimum atomic E-state index is -0.0682. The van der Waals surface area contributed by atoms with Crippen molar-refractivity contribution in [2.45, 2.75) is 65.3 Å². The largest absolute Gasteiger partial charge is 0.346 e. The third kappa shape index (κ3) is 4.35. The van der Waals surface area contributed by atoms with Crippen molar-refractivity contribution in [2.75, 3.05) is 0 Å². The monoisotopic (exact) mass is 407 g/mol. The summed E-state index contributed by atoms with van der Waals surface area (Å²) < 4.78 is 2.48. The number of aryl methyl sites for hydroxylation is 2. The highest BCUT2D eigenvalue weighted by Crippen LogP contribution is 2.34. The summed E-state index contributed by atoms with van der Waals surface area (Å²) in [5, 5.41) is 3.55. The molecule has 0 unspecified atom stereocenters. The molecule has 1 aliphatic carbocycles. The smallest absolute Gasteiger partial charge is 0.264 e. The molecular formula is C24H29N3OS. The van der Waals surface area contributed by atoms with Gasteiger partial charge in [-0.3, -0.25) is 4.79 Å². The maximum atomic E-state index is 12.5. The molecule has 0 bridgehead atoms. The Kier molecular flexibility index (Phi) is 5.95. The van der Waals surface area contributed by atoms with Crippen LogP contribution < -0.4 is 5.32 Å². The maximum absolute atomic E-state index is 12.5. The molecule has 1 N–H and O–H groups in total. The Morgan fingerprint density at radius 3 is 2.59 bits per heavy atom. The molecule has 152 valence electrons. The van der Waals surface area contributed by atoms with E-state index in [0.29, 0.717) is 16.1 Å². The molecule has 0 spiro atoms. The molecule has 2 heterocycles. The predicted octanol–water partition coefficient (Wildman–Crippen LogP) is 6.06. The van der Waals surface area contributed by atoms with Gasteiger partial charge in [-0.1, -0.05) is 38.3 Å². The second-order valence-electron chi connectivity index (χ2n) is 7.99. The van der Waals surface area contributed by atoms with Crippen LogP contribution in [0.5, 0.6) is 0 Å². The predicted molar refractivity (Wildman–Crippen MR) is 123 cm³/mol. The third-order valence-electron chi connectivity index (χ3n) is 5.98. The maximum Gasteiger partial charge on any atom is 0.264 e. The van der Waals surface area contributed by atoms with Crippen molar-refractivity contribution in [3.63, 3.8) is 0 Å². The molecule has 4 rings (SSSR count). The number of amidine groups is 1. The van der Waals surface area contributed by atoms with E-state index in [1.54, 1.807) is 0 Å². The first-order valence-electron chi connectivity index (χ1n) is 10.6. The Balaban J connectivity index is 1.55. The van der Waals surface area contributed by atoms with Crippen LogP contribution in [0.25, 0.3) is 6.08 Å². The summed E-state index contributed by atoms with van der Waals surface area (Å²) in [5.41, 5.74) is 5.83. The summed E-state index contributed by atoms with van der Waals surface area (Å²) in [6.45, 7) is 6.49. The van der Waals surface area contributed by atoms with Crippen LogP contribution in [0.4, 0.5) is 5.69 Å². The number of aromatic nitrogens is 1. The number of benzene rings is 1.